The highest BCUT2D eigenvalue weighted by atomic mass is 35.5. The summed E-state index contributed by atoms with van der Waals surface area (Å²) in [7, 11) is 1.35. The van der Waals surface area contributed by atoms with Gasteiger partial charge in [0.15, 0.2) is 0 Å². The van der Waals surface area contributed by atoms with Crippen LogP contribution in [0.4, 0.5) is 4.79 Å². The fraction of sp³-hybridized carbons (Fsp3) is 0.100. The van der Waals surface area contributed by atoms with Crippen LogP contribution < -0.4 is 0 Å². The number of carbonyl (C=O) groups excluding carboxylic acids is 1. The van der Waals surface area contributed by atoms with E-state index in [1.807, 2.05) is 12.1 Å². The molecule has 0 saturated carbocycles. The number of carbonyl (C=O) groups is 1. The Kier molecular flexibility index (Phi) is 2.17. The first-order valence-corrected chi connectivity index (χ1v) is 4.45. The third-order valence-electron chi connectivity index (χ3n) is 2.03. The van der Waals surface area contributed by atoms with Gasteiger partial charge in [0, 0.05) is 16.6 Å². The second kappa shape index (κ2) is 3.35. The van der Waals surface area contributed by atoms with Crippen molar-refractivity contribution in [2.45, 2.75) is 0 Å². The minimum atomic E-state index is -0.415. The van der Waals surface area contributed by atoms with E-state index in [0.717, 1.165) is 10.9 Å². The molecular weight excluding hydrogens is 202 g/mol. The van der Waals surface area contributed by atoms with E-state index < -0.39 is 6.09 Å². The van der Waals surface area contributed by atoms with Crippen molar-refractivity contribution < 1.29 is 9.53 Å². The van der Waals surface area contributed by atoms with Crippen LogP contribution in [0.5, 0.6) is 0 Å². The summed E-state index contributed by atoms with van der Waals surface area (Å²) in [5.41, 5.74) is 0.754. The maximum absolute atomic E-state index is 11.3. The molecule has 72 valence electrons. The van der Waals surface area contributed by atoms with Gasteiger partial charge in [-0.1, -0.05) is 17.7 Å². The molecule has 1 aromatic heterocycles. The van der Waals surface area contributed by atoms with Gasteiger partial charge in [0.05, 0.1) is 12.6 Å². The fourth-order valence-electron chi connectivity index (χ4n) is 1.36. The van der Waals surface area contributed by atoms with E-state index in [9.17, 15) is 4.79 Å². The largest absolute Gasteiger partial charge is 0.452 e. The third kappa shape index (κ3) is 1.36. The lowest BCUT2D eigenvalue weighted by Crippen LogP contribution is -2.09. The van der Waals surface area contributed by atoms with Crippen molar-refractivity contribution in [1.82, 2.24) is 4.57 Å². The molecule has 3 nitrogen and oxygen atoms in total. The predicted molar refractivity (Wildman–Crippen MR) is 54.8 cm³/mol. The molecule has 4 heteroatoms. The SMILES string of the molecule is COC(=O)n1ccc2ccc(Cl)cc21. The van der Waals surface area contributed by atoms with Gasteiger partial charge < -0.3 is 4.74 Å². The maximum Gasteiger partial charge on any atom is 0.418 e. The van der Waals surface area contributed by atoms with Crippen LogP contribution in [-0.2, 0) is 4.74 Å². The van der Waals surface area contributed by atoms with Crippen LogP contribution in [0.15, 0.2) is 30.5 Å². The van der Waals surface area contributed by atoms with Crippen LogP contribution in [-0.4, -0.2) is 17.8 Å². The highest BCUT2D eigenvalue weighted by Crippen LogP contribution is 2.20. The lowest BCUT2D eigenvalue weighted by atomic mass is 10.2. The van der Waals surface area contributed by atoms with E-state index in [4.69, 9.17) is 11.6 Å². The van der Waals surface area contributed by atoms with Gasteiger partial charge >= 0.3 is 6.09 Å². The molecular formula is C10H8ClNO2. The van der Waals surface area contributed by atoms with Gasteiger partial charge in [-0.2, -0.15) is 0 Å². The molecule has 0 spiro atoms. The van der Waals surface area contributed by atoms with E-state index in [2.05, 4.69) is 4.74 Å². The van der Waals surface area contributed by atoms with E-state index in [1.54, 1.807) is 18.3 Å². The van der Waals surface area contributed by atoms with Crippen molar-refractivity contribution in [2.24, 2.45) is 0 Å². The number of aromatic nitrogens is 1. The summed E-state index contributed by atoms with van der Waals surface area (Å²) in [5.74, 6) is 0. The standard InChI is InChI=1S/C10H8ClNO2/c1-14-10(13)12-5-4-7-2-3-8(11)6-9(7)12/h2-6H,1H3. The van der Waals surface area contributed by atoms with Gasteiger partial charge in [0.25, 0.3) is 0 Å². The van der Waals surface area contributed by atoms with Crippen LogP contribution >= 0.6 is 11.6 Å². The Morgan fingerprint density at radius 1 is 1.43 bits per heavy atom. The summed E-state index contributed by atoms with van der Waals surface area (Å²) < 4.78 is 6.04. The number of fused-ring (bicyclic) bond motifs is 1. The molecule has 0 aliphatic heterocycles. The molecule has 0 amide bonds. The molecule has 0 saturated heterocycles. The summed E-state index contributed by atoms with van der Waals surface area (Å²) in [5, 5.41) is 1.56. The zero-order valence-electron chi connectivity index (χ0n) is 7.53. The number of rotatable bonds is 0. The summed E-state index contributed by atoms with van der Waals surface area (Å²) in [6, 6.07) is 7.21. The molecule has 0 bridgehead atoms. The Morgan fingerprint density at radius 2 is 2.21 bits per heavy atom. The molecule has 2 aromatic rings. The van der Waals surface area contributed by atoms with Gasteiger partial charge in [-0.05, 0) is 18.2 Å². The second-order valence-electron chi connectivity index (χ2n) is 2.86. The Hall–Kier alpha value is -1.48. The van der Waals surface area contributed by atoms with Crippen molar-refractivity contribution in [2.75, 3.05) is 7.11 Å². The first-order valence-electron chi connectivity index (χ1n) is 4.07. The topological polar surface area (TPSA) is 31.2 Å². The lowest BCUT2D eigenvalue weighted by molar-refractivity contribution is 0.174. The van der Waals surface area contributed by atoms with Crippen LogP contribution in [0.25, 0.3) is 10.9 Å². The monoisotopic (exact) mass is 209 g/mol. The average Bonchev–Trinajstić information content (AvgIpc) is 2.59. The second-order valence-corrected chi connectivity index (χ2v) is 3.30. The Labute approximate surface area is 85.8 Å². The summed E-state index contributed by atoms with van der Waals surface area (Å²) >= 11 is 5.83. The predicted octanol–water partition coefficient (Wildman–Crippen LogP) is 2.91. The van der Waals surface area contributed by atoms with Crippen molar-refractivity contribution in [1.29, 1.82) is 0 Å². The van der Waals surface area contributed by atoms with Crippen LogP contribution in [0, 0.1) is 0 Å². The molecule has 0 N–H and O–H groups in total. The maximum atomic E-state index is 11.3. The number of methoxy groups -OCH3 is 1. The Morgan fingerprint density at radius 3 is 2.93 bits per heavy atom. The van der Waals surface area contributed by atoms with Crippen molar-refractivity contribution in [3.63, 3.8) is 0 Å². The number of nitrogens with zero attached hydrogens (tertiary/aromatic N) is 1. The quantitative estimate of drug-likeness (QED) is 0.668. The minimum absolute atomic E-state index is 0.415. The molecule has 0 aliphatic carbocycles. The molecule has 0 radical (unpaired) electrons. The van der Waals surface area contributed by atoms with Crippen molar-refractivity contribution >= 4 is 28.6 Å². The highest BCUT2D eigenvalue weighted by molar-refractivity contribution is 6.31. The van der Waals surface area contributed by atoms with Crippen molar-refractivity contribution in [3.05, 3.63) is 35.5 Å². The van der Waals surface area contributed by atoms with Crippen LogP contribution in [0.3, 0.4) is 0 Å². The molecule has 0 fully saturated rings. The van der Waals surface area contributed by atoms with Gasteiger partial charge in [-0.15, -0.1) is 0 Å². The number of benzene rings is 1. The normalized spacial score (nSPS) is 10.4. The number of ether oxygens (including phenoxy) is 1. The first-order chi connectivity index (χ1) is 6.72. The van der Waals surface area contributed by atoms with Gasteiger partial charge in [0.2, 0.25) is 0 Å². The molecule has 0 atom stereocenters. The van der Waals surface area contributed by atoms with Gasteiger partial charge in [0.1, 0.15) is 0 Å². The summed E-state index contributed by atoms with van der Waals surface area (Å²) in [6.45, 7) is 0. The Balaban J connectivity index is 2.67. The highest BCUT2D eigenvalue weighted by Gasteiger charge is 2.08. The average molecular weight is 210 g/mol. The smallest absolute Gasteiger partial charge is 0.418 e. The van der Waals surface area contributed by atoms with E-state index in [0.29, 0.717) is 5.02 Å². The van der Waals surface area contributed by atoms with Crippen LogP contribution in [0.2, 0.25) is 5.02 Å². The zero-order chi connectivity index (χ0) is 10.1. The van der Waals surface area contributed by atoms with Crippen LogP contribution in [0.1, 0.15) is 0 Å². The number of hydrogen-bond acceptors (Lipinski definition) is 2. The van der Waals surface area contributed by atoms with Gasteiger partial charge in [-0.25, -0.2) is 4.79 Å². The summed E-state index contributed by atoms with van der Waals surface area (Å²) in [6.07, 6.45) is 1.24. The van der Waals surface area contributed by atoms with E-state index in [1.165, 1.54) is 11.7 Å². The fourth-order valence-corrected chi connectivity index (χ4v) is 1.53. The first kappa shape index (κ1) is 9.09. The lowest BCUT2D eigenvalue weighted by Gasteiger charge is -2.01. The molecule has 0 unspecified atom stereocenters. The third-order valence-corrected chi connectivity index (χ3v) is 2.26. The molecule has 1 heterocycles. The van der Waals surface area contributed by atoms with Gasteiger partial charge in [-0.3, -0.25) is 4.57 Å². The zero-order valence-corrected chi connectivity index (χ0v) is 8.28. The number of hydrogen-bond donors (Lipinski definition) is 0. The minimum Gasteiger partial charge on any atom is -0.452 e. The summed E-state index contributed by atoms with van der Waals surface area (Å²) in [4.78, 5) is 11.3. The van der Waals surface area contributed by atoms with E-state index in [-0.39, 0.29) is 0 Å². The number of halogens is 1. The van der Waals surface area contributed by atoms with Crippen molar-refractivity contribution in [3.8, 4) is 0 Å². The molecule has 2 rings (SSSR count). The molecule has 1 aromatic carbocycles. The van der Waals surface area contributed by atoms with E-state index >= 15 is 0 Å². The molecule has 0 aliphatic rings. The Bertz CT molecular complexity index is 490. The molecule has 14 heavy (non-hydrogen) atoms.